The highest BCUT2D eigenvalue weighted by molar-refractivity contribution is 5.91. The van der Waals surface area contributed by atoms with Crippen LogP contribution in [0.25, 0.3) is 5.69 Å². The lowest BCUT2D eigenvalue weighted by Gasteiger charge is -2.36. The molecule has 2 aromatic carbocycles. The second kappa shape index (κ2) is 7.87. The number of piperazine rings is 1. The molecule has 7 heteroatoms. The predicted molar refractivity (Wildman–Crippen MR) is 114 cm³/mol. The first kappa shape index (κ1) is 18.9. The number of phenolic OH excluding ortho intramolecular Hbond substituents is 1. The maximum absolute atomic E-state index is 12.9. The molecule has 150 valence electrons. The molecule has 1 saturated heterocycles. The third kappa shape index (κ3) is 4.03. The molecule has 0 radical (unpaired) electrons. The number of hydrogen-bond donors (Lipinski definition) is 2. The van der Waals surface area contributed by atoms with Crippen molar-refractivity contribution in [3.05, 3.63) is 66.0 Å². The Hall–Kier alpha value is -3.48. The molecule has 1 aliphatic heterocycles. The summed E-state index contributed by atoms with van der Waals surface area (Å²) in [6.45, 7) is 6.72. The molecule has 0 bridgehead atoms. The van der Waals surface area contributed by atoms with Gasteiger partial charge in [0.1, 0.15) is 5.75 Å². The van der Waals surface area contributed by atoms with E-state index in [4.69, 9.17) is 0 Å². The van der Waals surface area contributed by atoms with Gasteiger partial charge >= 0.3 is 6.03 Å². The van der Waals surface area contributed by atoms with Crippen LogP contribution < -0.4 is 10.2 Å². The minimum absolute atomic E-state index is 0.107. The summed E-state index contributed by atoms with van der Waals surface area (Å²) in [6.07, 6.45) is 0. The van der Waals surface area contributed by atoms with Gasteiger partial charge in [-0.1, -0.05) is 12.1 Å². The van der Waals surface area contributed by atoms with Crippen molar-refractivity contribution >= 4 is 17.4 Å². The number of anilines is 2. The van der Waals surface area contributed by atoms with E-state index < -0.39 is 0 Å². The van der Waals surface area contributed by atoms with Gasteiger partial charge in [0.2, 0.25) is 0 Å². The first-order valence-corrected chi connectivity index (χ1v) is 9.74. The van der Waals surface area contributed by atoms with Crippen molar-refractivity contribution in [1.29, 1.82) is 0 Å². The summed E-state index contributed by atoms with van der Waals surface area (Å²) in [6, 6.07) is 16.8. The topological polar surface area (TPSA) is 73.6 Å². The number of aromatic nitrogens is 2. The quantitative estimate of drug-likeness (QED) is 0.716. The SMILES string of the molecule is Cc1cc(C)n(-c2ccccc2NC(=O)N2CCN(c3ccc(O)cc3)CC2)n1. The minimum Gasteiger partial charge on any atom is -0.508 e. The van der Waals surface area contributed by atoms with Gasteiger partial charge in [0, 0.05) is 37.6 Å². The van der Waals surface area contributed by atoms with E-state index in [-0.39, 0.29) is 11.8 Å². The molecule has 7 nitrogen and oxygen atoms in total. The zero-order valence-electron chi connectivity index (χ0n) is 16.7. The third-order valence-corrected chi connectivity index (χ3v) is 5.17. The maximum atomic E-state index is 12.9. The average Bonchev–Trinajstić information content (AvgIpc) is 3.07. The number of urea groups is 1. The van der Waals surface area contributed by atoms with Crippen LogP contribution in [-0.4, -0.2) is 52.0 Å². The summed E-state index contributed by atoms with van der Waals surface area (Å²) in [5.41, 5.74) is 4.61. The van der Waals surface area contributed by atoms with Gasteiger partial charge in [0.15, 0.2) is 0 Å². The number of carbonyl (C=O) groups is 1. The van der Waals surface area contributed by atoms with Crippen molar-refractivity contribution in [2.45, 2.75) is 13.8 Å². The molecular formula is C22H25N5O2. The zero-order valence-corrected chi connectivity index (χ0v) is 16.7. The average molecular weight is 391 g/mol. The Morgan fingerprint density at radius 1 is 1.00 bits per heavy atom. The van der Waals surface area contributed by atoms with Gasteiger partial charge in [-0.3, -0.25) is 0 Å². The van der Waals surface area contributed by atoms with E-state index in [1.54, 1.807) is 12.1 Å². The Morgan fingerprint density at radius 2 is 1.69 bits per heavy atom. The van der Waals surface area contributed by atoms with Crippen LogP contribution in [0.3, 0.4) is 0 Å². The van der Waals surface area contributed by atoms with Crippen LogP contribution in [0.5, 0.6) is 5.75 Å². The number of phenols is 1. The monoisotopic (exact) mass is 391 g/mol. The fourth-order valence-electron chi connectivity index (χ4n) is 3.66. The van der Waals surface area contributed by atoms with Crippen molar-refractivity contribution < 1.29 is 9.90 Å². The molecule has 2 N–H and O–H groups in total. The Morgan fingerprint density at radius 3 is 2.34 bits per heavy atom. The molecule has 1 aromatic heterocycles. The molecule has 1 aliphatic rings. The van der Waals surface area contributed by atoms with E-state index in [2.05, 4.69) is 15.3 Å². The van der Waals surface area contributed by atoms with Crippen molar-refractivity contribution in [1.82, 2.24) is 14.7 Å². The van der Waals surface area contributed by atoms with E-state index in [9.17, 15) is 9.90 Å². The molecule has 1 fully saturated rings. The Balaban J connectivity index is 1.43. The molecule has 3 aromatic rings. The van der Waals surface area contributed by atoms with Crippen molar-refractivity contribution in [2.75, 3.05) is 36.4 Å². The van der Waals surface area contributed by atoms with E-state index in [0.717, 1.165) is 41.5 Å². The van der Waals surface area contributed by atoms with Gasteiger partial charge in [-0.2, -0.15) is 5.10 Å². The number of benzene rings is 2. The van der Waals surface area contributed by atoms with E-state index >= 15 is 0 Å². The summed E-state index contributed by atoms with van der Waals surface area (Å²) in [7, 11) is 0. The molecule has 4 rings (SSSR count). The van der Waals surface area contributed by atoms with Crippen LogP contribution in [0.2, 0.25) is 0 Å². The number of aromatic hydroxyl groups is 1. The first-order chi connectivity index (χ1) is 14.0. The number of hydrogen-bond acceptors (Lipinski definition) is 4. The van der Waals surface area contributed by atoms with E-state index in [1.165, 1.54) is 0 Å². The van der Waals surface area contributed by atoms with Gasteiger partial charge in [0.25, 0.3) is 0 Å². The van der Waals surface area contributed by atoms with Crippen molar-refractivity contribution in [3.8, 4) is 11.4 Å². The fourth-order valence-corrected chi connectivity index (χ4v) is 3.66. The molecule has 0 atom stereocenters. The number of aryl methyl sites for hydroxylation is 2. The summed E-state index contributed by atoms with van der Waals surface area (Å²) in [5.74, 6) is 0.257. The predicted octanol–water partition coefficient (Wildman–Crippen LogP) is 3.55. The largest absolute Gasteiger partial charge is 0.508 e. The van der Waals surface area contributed by atoms with Crippen molar-refractivity contribution in [2.24, 2.45) is 0 Å². The lowest BCUT2D eigenvalue weighted by Crippen LogP contribution is -2.50. The van der Waals surface area contributed by atoms with Crippen LogP contribution in [0, 0.1) is 13.8 Å². The fraction of sp³-hybridized carbons (Fsp3) is 0.273. The van der Waals surface area contributed by atoms with Gasteiger partial charge < -0.3 is 20.2 Å². The highest BCUT2D eigenvalue weighted by Gasteiger charge is 2.22. The zero-order chi connectivity index (χ0) is 20.4. The molecule has 2 heterocycles. The number of amides is 2. The third-order valence-electron chi connectivity index (χ3n) is 5.17. The minimum atomic E-state index is -0.107. The molecule has 0 saturated carbocycles. The number of rotatable bonds is 3. The number of nitrogens with one attached hydrogen (secondary N) is 1. The second-order valence-electron chi connectivity index (χ2n) is 7.28. The molecule has 0 unspecified atom stereocenters. The van der Waals surface area contributed by atoms with Crippen molar-refractivity contribution in [3.63, 3.8) is 0 Å². The van der Waals surface area contributed by atoms with Gasteiger partial charge in [-0.05, 0) is 56.3 Å². The molecule has 29 heavy (non-hydrogen) atoms. The summed E-state index contributed by atoms with van der Waals surface area (Å²) in [4.78, 5) is 16.9. The molecular weight excluding hydrogens is 366 g/mol. The maximum Gasteiger partial charge on any atom is 0.322 e. The number of para-hydroxylation sites is 2. The lowest BCUT2D eigenvalue weighted by molar-refractivity contribution is 0.208. The van der Waals surface area contributed by atoms with E-state index in [0.29, 0.717) is 13.1 Å². The van der Waals surface area contributed by atoms with Crippen LogP contribution in [0.4, 0.5) is 16.2 Å². The van der Waals surface area contributed by atoms with E-state index in [1.807, 2.05) is 65.9 Å². The molecule has 0 spiro atoms. The normalized spacial score (nSPS) is 14.1. The van der Waals surface area contributed by atoms with Gasteiger partial charge in [-0.25, -0.2) is 9.48 Å². The lowest BCUT2D eigenvalue weighted by atomic mass is 10.2. The highest BCUT2D eigenvalue weighted by atomic mass is 16.3. The summed E-state index contributed by atoms with van der Waals surface area (Å²) < 4.78 is 1.85. The number of carbonyl (C=O) groups excluding carboxylic acids is 1. The summed E-state index contributed by atoms with van der Waals surface area (Å²) >= 11 is 0. The summed E-state index contributed by atoms with van der Waals surface area (Å²) in [5, 5.41) is 17.0. The molecule has 2 amide bonds. The standard InChI is InChI=1S/C22H25N5O2/c1-16-15-17(2)27(24-16)21-6-4-3-5-20(21)23-22(29)26-13-11-25(12-14-26)18-7-9-19(28)10-8-18/h3-10,15,28H,11-14H2,1-2H3,(H,23,29). The Labute approximate surface area is 170 Å². The van der Waals surface area contributed by atoms with Crippen LogP contribution in [-0.2, 0) is 0 Å². The Kier molecular flexibility index (Phi) is 5.12. The molecule has 0 aliphatic carbocycles. The second-order valence-corrected chi connectivity index (χ2v) is 7.28. The van der Waals surface area contributed by atoms with Crippen LogP contribution >= 0.6 is 0 Å². The van der Waals surface area contributed by atoms with Gasteiger partial charge in [0.05, 0.1) is 17.1 Å². The number of nitrogens with zero attached hydrogens (tertiary/aromatic N) is 4. The highest BCUT2D eigenvalue weighted by Crippen LogP contribution is 2.23. The Bertz CT molecular complexity index is 1000. The smallest absolute Gasteiger partial charge is 0.322 e. The van der Waals surface area contributed by atoms with Crippen LogP contribution in [0.15, 0.2) is 54.6 Å². The van der Waals surface area contributed by atoms with Crippen LogP contribution in [0.1, 0.15) is 11.4 Å². The first-order valence-electron chi connectivity index (χ1n) is 9.74. The van der Waals surface area contributed by atoms with Gasteiger partial charge in [-0.15, -0.1) is 0 Å².